The summed E-state index contributed by atoms with van der Waals surface area (Å²) in [6.07, 6.45) is 3.49. The summed E-state index contributed by atoms with van der Waals surface area (Å²) in [4.78, 5) is 12.1. The summed E-state index contributed by atoms with van der Waals surface area (Å²) in [7, 11) is 0. The van der Waals surface area contributed by atoms with E-state index in [1.54, 1.807) is 18.5 Å². The van der Waals surface area contributed by atoms with E-state index < -0.39 is 0 Å². The van der Waals surface area contributed by atoms with E-state index in [1.165, 1.54) is 6.07 Å². The Morgan fingerprint density at radius 3 is 2.26 bits per heavy atom. The van der Waals surface area contributed by atoms with Crippen molar-refractivity contribution in [3.8, 4) is 39.7 Å². The molecule has 35 heavy (non-hydrogen) atoms. The molecule has 2 heterocycles. The molecule has 5 heteroatoms. The van der Waals surface area contributed by atoms with Gasteiger partial charge in [-0.2, -0.15) is 0 Å². The molecule has 0 unspecified atom stereocenters. The van der Waals surface area contributed by atoms with E-state index in [2.05, 4.69) is 26.9 Å². The zero-order valence-corrected chi connectivity index (χ0v) is 20.9. The summed E-state index contributed by atoms with van der Waals surface area (Å²) >= 11 is 0. The molecule has 0 atom stereocenters. The summed E-state index contributed by atoms with van der Waals surface area (Å²) in [5.41, 5.74) is 6.12. The van der Waals surface area contributed by atoms with Gasteiger partial charge in [0, 0.05) is 38.2 Å². The molecule has 0 aliphatic heterocycles. The number of pyridine rings is 2. The molecule has 5 rings (SSSR count). The Morgan fingerprint density at radius 1 is 0.800 bits per heavy atom. The van der Waals surface area contributed by atoms with Gasteiger partial charge in [-0.05, 0) is 35.0 Å². The third kappa shape index (κ3) is 6.56. The fraction of sp³-hybridized carbons (Fsp3) is 0. The minimum atomic E-state index is 0. The van der Waals surface area contributed by atoms with Crippen LogP contribution in [0.5, 0.6) is 0 Å². The number of hydrogen-bond acceptors (Lipinski definition) is 3. The number of hydrogen-bond donors (Lipinski definition) is 0. The van der Waals surface area contributed by atoms with Crippen LogP contribution in [0.4, 0.5) is 5.69 Å². The largest absolute Gasteiger partial charge is 0.305 e. The summed E-state index contributed by atoms with van der Waals surface area (Å²) < 4.78 is 0. The van der Waals surface area contributed by atoms with Crippen LogP contribution in [0, 0.1) is 30.0 Å². The Kier molecular flexibility index (Phi) is 9.17. The number of rotatable bonds is 3. The van der Waals surface area contributed by atoms with E-state index in [4.69, 9.17) is 11.8 Å². The summed E-state index contributed by atoms with van der Waals surface area (Å²) in [5.74, 6) is 0. The van der Waals surface area contributed by atoms with Gasteiger partial charge in [0.15, 0.2) is 0 Å². The first-order valence-corrected chi connectivity index (χ1v) is 10.5. The van der Waals surface area contributed by atoms with Gasteiger partial charge in [-0.25, -0.2) is 5.26 Å². The fourth-order valence-corrected chi connectivity index (χ4v) is 3.35. The molecule has 4 nitrogen and oxygen atoms in total. The van der Waals surface area contributed by atoms with Crippen LogP contribution in [-0.2, 0) is 20.1 Å². The molecule has 1 radical (unpaired) electrons. The SMILES string of the molecule is [C-]#[N+]c1cc(C#N)[c-]c(-c2ncccc2-c2ccccc2)c1.[Ir].[c-]1ccccc1-c1ccccn1. The number of nitriles is 1. The molecular formula is C30H18IrN4-2. The van der Waals surface area contributed by atoms with Crippen molar-refractivity contribution in [3.05, 3.63) is 139 Å². The van der Waals surface area contributed by atoms with Crippen molar-refractivity contribution in [2.75, 3.05) is 0 Å². The van der Waals surface area contributed by atoms with E-state index in [9.17, 15) is 0 Å². The topological polar surface area (TPSA) is 53.9 Å². The minimum Gasteiger partial charge on any atom is -0.305 e. The standard InChI is InChI=1S/C19H10N3.C11H8N.Ir/c1-21-17-11-14(13-20)10-16(12-17)19-18(8-5-9-22-19)15-6-3-2-4-7-15;1-2-6-10(7-3-1)11-8-4-5-9-12-11;/h2-9,11-12H;1-6,8-9H;/q2*-1;. The molecule has 2 aromatic heterocycles. The van der Waals surface area contributed by atoms with Crippen molar-refractivity contribution >= 4 is 5.69 Å². The molecule has 5 aromatic rings. The smallest absolute Gasteiger partial charge is 0.125 e. The number of nitrogens with zero attached hydrogens (tertiary/aromatic N) is 4. The molecule has 169 valence electrons. The molecule has 0 aliphatic rings. The van der Waals surface area contributed by atoms with E-state index in [0.29, 0.717) is 16.8 Å². The minimum absolute atomic E-state index is 0. The molecule has 0 amide bonds. The maximum atomic E-state index is 9.11. The van der Waals surface area contributed by atoms with Crippen LogP contribution in [0.25, 0.3) is 38.5 Å². The van der Waals surface area contributed by atoms with Crippen LogP contribution in [0.3, 0.4) is 0 Å². The predicted molar refractivity (Wildman–Crippen MR) is 133 cm³/mol. The summed E-state index contributed by atoms with van der Waals surface area (Å²) in [6.45, 7) is 7.17. The van der Waals surface area contributed by atoms with Crippen molar-refractivity contribution in [2.24, 2.45) is 0 Å². The Morgan fingerprint density at radius 2 is 1.57 bits per heavy atom. The molecule has 0 fully saturated rings. The van der Waals surface area contributed by atoms with Gasteiger partial charge in [0.2, 0.25) is 0 Å². The molecule has 0 N–H and O–H groups in total. The molecule has 0 aliphatic carbocycles. The molecule has 3 aromatic carbocycles. The van der Waals surface area contributed by atoms with E-state index >= 15 is 0 Å². The summed E-state index contributed by atoms with van der Waals surface area (Å²) in [5, 5.41) is 9.11. The van der Waals surface area contributed by atoms with Crippen LogP contribution in [0.2, 0.25) is 0 Å². The van der Waals surface area contributed by atoms with E-state index in [-0.39, 0.29) is 20.1 Å². The predicted octanol–water partition coefficient (Wildman–Crippen LogP) is 7.18. The Bertz CT molecular complexity index is 1390. The molecular weight excluding hydrogens is 609 g/mol. The Balaban J connectivity index is 0.000000223. The molecule has 0 saturated heterocycles. The zero-order valence-electron chi connectivity index (χ0n) is 18.5. The third-order valence-corrected chi connectivity index (χ3v) is 4.90. The van der Waals surface area contributed by atoms with Gasteiger partial charge in [-0.15, -0.1) is 59.7 Å². The van der Waals surface area contributed by atoms with Crippen LogP contribution in [-0.4, -0.2) is 9.97 Å². The van der Waals surface area contributed by atoms with Crippen LogP contribution < -0.4 is 0 Å². The van der Waals surface area contributed by atoms with Gasteiger partial charge in [0.05, 0.1) is 6.57 Å². The van der Waals surface area contributed by atoms with Gasteiger partial charge in [0.25, 0.3) is 0 Å². The van der Waals surface area contributed by atoms with Gasteiger partial charge in [-0.1, -0.05) is 54.1 Å². The molecule has 0 saturated carbocycles. The van der Waals surface area contributed by atoms with E-state index in [0.717, 1.165) is 28.1 Å². The first kappa shape index (κ1) is 25.2. The Hall–Kier alpha value is -4.41. The normalized spacial score (nSPS) is 9.43. The van der Waals surface area contributed by atoms with Crippen molar-refractivity contribution in [1.82, 2.24) is 9.97 Å². The quantitative estimate of drug-likeness (QED) is 0.199. The number of aromatic nitrogens is 2. The average molecular weight is 627 g/mol. The van der Waals surface area contributed by atoms with Crippen molar-refractivity contribution < 1.29 is 20.1 Å². The third-order valence-electron chi connectivity index (χ3n) is 4.90. The molecule has 0 spiro atoms. The van der Waals surface area contributed by atoms with Gasteiger partial charge in [0.1, 0.15) is 5.69 Å². The van der Waals surface area contributed by atoms with Crippen molar-refractivity contribution in [2.45, 2.75) is 0 Å². The Labute approximate surface area is 218 Å². The van der Waals surface area contributed by atoms with E-state index in [1.807, 2.05) is 91.0 Å². The van der Waals surface area contributed by atoms with Crippen molar-refractivity contribution in [3.63, 3.8) is 0 Å². The monoisotopic (exact) mass is 627 g/mol. The number of benzene rings is 3. The average Bonchev–Trinajstić information content (AvgIpc) is 2.94. The second kappa shape index (κ2) is 12.7. The molecule has 0 bridgehead atoms. The maximum Gasteiger partial charge on any atom is 0.125 e. The fourth-order valence-electron chi connectivity index (χ4n) is 3.35. The van der Waals surface area contributed by atoms with Crippen LogP contribution >= 0.6 is 0 Å². The maximum absolute atomic E-state index is 9.11. The second-order valence-corrected chi connectivity index (χ2v) is 7.15. The van der Waals surface area contributed by atoms with Gasteiger partial charge >= 0.3 is 0 Å². The second-order valence-electron chi connectivity index (χ2n) is 7.15. The zero-order chi connectivity index (χ0) is 23.6. The van der Waals surface area contributed by atoms with Crippen molar-refractivity contribution in [1.29, 1.82) is 5.26 Å². The van der Waals surface area contributed by atoms with Crippen LogP contribution in [0.1, 0.15) is 5.56 Å². The summed E-state index contributed by atoms with van der Waals surface area (Å²) in [6, 6.07) is 38.9. The first-order valence-electron chi connectivity index (χ1n) is 10.5. The van der Waals surface area contributed by atoms with Crippen LogP contribution in [0.15, 0.2) is 109 Å². The van der Waals surface area contributed by atoms with Gasteiger partial charge < -0.3 is 4.98 Å². The first-order chi connectivity index (χ1) is 16.8. The van der Waals surface area contributed by atoms with Gasteiger partial charge in [-0.3, -0.25) is 9.83 Å².